The first-order valence-electron chi connectivity index (χ1n) is 7.95. The number of hydrogen-bond donors (Lipinski definition) is 3. The summed E-state index contributed by atoms with van der Waals surface area (Å²) < 4.78 is 90.4. The van der Waals surface area contributed by atoms with Gasteiger partial charge in [0.15, 0.2) is 4.98 Å². The lowest BCUT2D eigenvalue weighted by atomic mass is 10.1. The molecule has 0 unspecified atom stereocenters. The van der Waals surface area contributed by atoms with Crippen LogP contribution in [0.2, 0.25) is 0 Å². The predicted octanol–water partition coefficient (Wildman–Crippen LogP) is 1.79. The lowest BCUT2D eigenvalue weighted by molar-refractivity contribution is -0.114. The molecular formula is C16H14N3O10S3-. The standard InChI is InChI=1S/C16H13N3O7S2.H2O3S/c1-10(20)18-13-6-4-11(15(8-13)27(21,22)23)2-3-12-5-7-14(19-17)9-16(12)28(24,25)26;1-4(2)3/h2-9H,1H3,(H2-,18,20,21,22,23,24,25,26);(H2,1,2,3)/p-1/b3-2+;. The van der Waals surface area contributed by atoms with Crippen LogP contribution in [-0.2, 0) is 36.4 Å². The fraction of sp³-hybridized carbons (Fsp3) is 0.0625. The zero-order valence-corrected chi connectivity index (χ0v) is 18.3. The first kappa shape index (κ1) is 27.0. The third-order valence-electron chi connectivity index (χ3n) is 3.44. The fourth-order valence-corrected chi connectivity index (χ4v) is 3.72. The summed E-state index contributed by atoms with van der Waals surface area (Å²) in [5.74, 6) is -0.447. The van der Waals surface area contributed by atoms with E-state index >= 15 is 0 Å². The molecule has 0 radical (unpaired) electrons. The number of carbonyl (C=O) groups excluding carboxylic acids is 1. The Balaban J connectivity index is 0.00000118. The molecule has 0 saturated heterocycles. The molecule has 2 rings (SSSR count). The number of rotatable bonds is 5. The van der Waals surface area contributed by atoms with Crippen molar-refractivity contribution >= 4 is 61.0 Å². The molecule has 1 amide bonds. The number of nitrogens with zero attached hydrogens (tertiary/aromatic N) is 2. The number of amides is 1. The molecule has 3 N–H and O–H groups in total. The molecule has 0 heterocycles. The van der Waals surface area contributed by atoms with Crippen LogP contribution >= 0.6 is 0 Å². The SMILES string of the molecule is CC(=O)Nc1ccc(/C=C/c2ccc([N+]#N)cc2S(=O)(=O)O)c(S(=O)(=O)O)c1.O=S([O-])[O-]. The Morgan fingerprint density at radius 2 is 1.44 bits per heavy atom. The Bertz CT molecular complexity index is 1330. The number of anilines is 1. The zero-order chi connectivity index (χ0) is 24.7. The normalized spacial score (nSPS) is 11.5. The van der Waals surface area contributed by atoms with Gasteiger partial charge in [-0.15, -0.1) is 11.4 Å². The molecule has 0 fully saturated rings. The van der Waals surface area contributed by atoms with Crippen molar-refractivity contribution in [3.05, 3.63) is 52.5 Å². The monoisotopic (exact) mass is 504 g/mol. The minimum Gasteiger partial charge on any atom is -0.784 e. The fourth-order valence-electron chi connectivity index (χ4n) is 2.30. The van der Waals surface area contributed by atoms with E-state index in [2.05, 4.69) is 10.3 Å². The van der Waals surface area contributed by atoms with Gasteiger partial charge in [-0.2, -0.15) is 16.8 Å². The van der Waals surface area contributed by atoms with Crippen molar-refractivity contribution in [1.29, 1.82) is 5.39 Å². The van der Waals surface area contributed by atoms with Gasteiger partial charge in [-0.25, -0.2) is 0 Å². The third kappa shape index (κ3) is 8.60. The van der Waals surface area contributed by atoms with Gasteiger partial charge < -0.3 is 14.4 Å². The maximum atomic E-state index is 11.6. The summed E-state index contributed by atoms with van der Waals surface area (Å²) in [5, 5.41) is 11.1. The number of hydrogen-bond acceptors (Lipinski definition) is 9. The molecule has 32 heavy (non-hydrogen) atoms. The molecule has 13 nitrogen and oxygen atoms in total. The molecule has 0 aliphatic rings. The van der Waals surface area contributed by atoms with E-state index in [-0.39, 0.29) is 22.5 Å². The van der Waals surface area contributed by atoms with Crippen molar-refractivity contribution in [3.8, 4) is 0 Å². The van der Waals surface area contributed by atoms with Crippen LogP contribution in [0.4, 0.5) is 11.4 Å². The zero-order valence-electron chi connectivity index (χ0n) is 15.9. The van der Waals surface area contributed by atoms with Gasteiger partial charge in [0.05, 0.1) is 6.07 Å². The number of diazo groups is 1. The van der Waals surface area contributed by atoms with E-state index in [0.29, 0.717) is 0 Å². The highest BCUT2D eigenvalue weighted by Crippen LogP contribution is 2.26. The third-order valence-corrected chi connectivity index (χ3v) is 5.26. The van der Waals surface area contributed by atoms with E-state index in [0.717, 1.165) is 12.1 Å². The van der Waals surface area contributed by atoms with Crippen LogP contribution in [0.1, 0.15) is 18.1 Å². The summed E-state index contributed by atoms with van der Waals surface area (Å²) in [6.45, 7) is 1.22. The summed E-state index contributed by atoms with van der Waals surface area (Å²) >= 11 is -3.11. The Labute approximate surface area is 185 Å². The van der Waals surface area contributed by atoms with E-state index in [1.54, 1.807) is 0 Å². The summed E-state index contributed by atoms with van der Waals surface area (Å²) in [6, 6.07) is 7.11. The summed E-state index contributed by atoms with van der Waals surface area (Å²) in [5.41, 5.74) is -0.0243. The molecule has 0 aromatic heterocycles. The van der Waals surface area contributed by atoms with Gasteiger partial charge in [-0.05, 0) is 29.3 Å². The van der Waals surface area contributed by atoms with Gasteiger partial charge in [-0.3, -0.25) is 18.1 Å². The Morgan fingerprint density at radius 1 is 1.00 bits per heavy atom. The van der Waals surface area contributed by atoms with Crippen LogP contribution in [0.25, 0.3) is 17.1 Å². The maximum Gasteiger partial charge on any atom is 0.386 e. The average Bonchev–Trinajstić information content (AvgIpc) is 2.64. The largest absolute Gasteiger partial charge is 0.784 e. The van der Waals surface area contributed by atoms with E-state index in [1.807, 2.05) is 0 Å². The maximum absolute atomic E-state index is 11.6. The van der Waals surface area contributed by atoms with E-state index in [9.17, 15) is 30.7 Å². The Kier molecular flexibility index (Phi) is 9.29. The van der Waals surface area contributed by atoms with Crippen molar-refractivity contribution in [3.63, 3.8) is 0 Å². The molecule has 2 aromatic carbocycles. The second-order valence-corrected chi connectivity index (χ2v) is 8.93. The van der Waals surface area contributed by atoms with Crippen LogP contribution in [0.3, 0.4) is 0 Å². The number of nitrogens with one attached hydrogen (secondary N) is 1. The highest BCUT2D eigenvalue weighted by Gasteiger charge is 2.20. The minimum atomic E-state index is -4.67. The van der Waals surface area contributed by atoms with Crippen LogP contribution in [0.15, 0.2) is 46.2 Å². The lowest BCUT2D eigenvalue weighted by Crippen LogP contribution is -2.08. The molecule has 0 aliphatic heterocycles. The highest BCUT2D eigenvalue weighted by atomic mass is 32.2. The molecule has 0 aliphatic carbocycles. The van der Waals surface area contributed by atoms with Crippen molar-refractivity contribution in [1.82, 2.24) is 0 Å². The lowest BCUT2D eigenvalue weighted by Gasteiger charge is -2.08. The molecule has 2 aromatic rings. The van der Waals surface area contributed by atoms with E-state index in [1.165, 1.54) is 43.3 Å². The molecule has 16 heteroatoms. The van der Waals surface area contributed by atoms with Gasteiger partial charge >= 0.3 is 5.69 Å². The van der Waals surface area contributed by atoms with E-state index < -0.39 is 47.3 Å². The van der Waals surface area contributed by atoms with Gasteiger partial charge in [0.25, 0.3) is 20.2 Å². The summed E-state index contributed by atoms with van der Waals surface area (Å²) in [6.07, 6.45) is 2.38. The van der Waals surface area contributed by atoms with Crippen LogP contribution in [0, 0.1) is 5.39 Å². The minimum absolute atomic E-state index is 0.00573. The Hall–Kier alpha value is -3.04. The van der Waals surface area contributed by atoms with Gasteiger partial charge in [0.2, 0.25) is 11.3 Å². The van der Waals surface area contributed by atoms with Crippen LogP contribution < -0.4 is 5.32 Å². The molecule has 0 bridgehead atoms. The first-order valence-corrected chi connectivity index (χ1v) is 11.8. The quantitative estimate of drug-likeness (QED) is 0.230. The second kappa shape index (κ2) is 11.0. The first-order chi connectivity index (χ1) is 14.6. The van der Waals surface area contributed by atoms with Crippen LogP contribution in [-0.4, -0.2) is 45.2 Å². The smallest absolute Gasteiger partial charge is 0.386 e. The molecule has 172 valence electrons. The van der Waals surface area contributed by atoms with Gasteiger partial charge in [0.1, 0.15) is 9.79 Å². The highest BCUT2D eigenvalue weighted by molar-refractivity contribution is 7.86. The van der Waals surface area contributed by atoms with Crippen molar-refractivity contribution < 1.29 is 44.1 Å². The number of carbonyl (C=O) groups is 1. The van der Waals surface area contributed by atoms with Crippen molar-refractivity contribution in [2.45, 2.75) is 16.7 Å². The van der Waals surface area contributed by atoms with Gasteiger partial charge in [0, 0.05) is 18.7 Å². The van der Waals surface area contributed by atoms with Gasteiger partial charge in [-0.1, -0.05) is 18.2 Å². The molecule has 0 spiro atoms. The molecule has 0 saturated carbocycles. The predicted molar refractivity (Wildman–Crippen MR) is 110 cm³/mol. The topological polar surface area (TPSA) is 229 Å². The van der Waals surface area contributed by atoms with Crippen molar-refractivity contribution in [2.75, 3.05) is 5.32 Å². The molecular weight excluding hydrogens is 490 g/mol. The van der Waals surface area contributed by atoms with E-state index in [4.69, 9.17) is 18.7 Å². The molecule has 0 atom stereocenters. The second-order valence-electron chi connectivity index (χ2n) is 5.74. The Morgan fingerprint density at radius 3 is 1.84 bits per heavy atom. The summed E-state index contributed by atoms with van der Waals surface area (Å²) in [7, 11) is -9.33. The van der Waals surface area contributed by atoms with Crippen LogP contribution in [0.5, 0.6) is 0 Å². The van der Waals surface area contributed by atoms with Crippen molar-refractivity contribution in [2.24, 2.45) is 0 Å². The number of benzene rings is 2. The summed E-state index contributed by atoms with van der Waals surface area (Å²) in [4.78, 5) is 12.9. The average molecular weight is 505 g/mol.